The molecule has 0 fully saturated rings. The number of benzene rings is 1. The molecule has 0 saturated heterocycles. The Morgan fingerprint density at radius 3 is 2.65 bits per heavy atom. The molecule has 3 heteroatoms. The second-order valence-electron chi connectivity index (χ2n) is 4.94. The van der Waals surface area contributed by atoms with Crippen LogP contribution in [0.5, 0.6) is 0 Å². The van der Waals surface area contributed by atoms with Crippen LogP contribution in [-0.4, -0.2) is 12.6 Å². The van der Waals surface area contributed by atoms with Crippen molar-refractivity contribution in [2.24, 2.45) is 5.92 Å². The van der Waals surface area contributed by atoms with Crippen LogP contribution in [0.1, 0.15) is 32.8 Å². The molecule has 0 bridgehead atoms. The molecule has 0 aromatic heterocycles. The first kappa shape index (κ1) is 14.7. The van der Waals surface area contributed by atoms with Gasteiger partial charge < -0.3 is 5.32 Å². The normalized spacial score (nSPS) is 13.1. The van der Waals surface area contributed by atoms with Crippen molar-refractivity contribution in [2.75, 3.05) is 6.54 Å². The van der Waals surface area contributed by atoms with Gasteiger partial charge in [-0.1, -0.05) is 36.7 Å². The summed E-state index contributed by atoms with van der Waals surface area (Å²) in [6.07, 6.45) is 1.99. The smallest absolute Gasteiger partial charge is 0.123 e. The molecule has 0 heterocycles. The highest BCUT2D eigenvalue weighted by atomic mass is 79.9. The van der Waals surface area contributed by atoms with Gasteiger partial charge in [0.05, 0.1) is 0 Å². The van der Waals surface area contributed by atoms with Crippen LogP contribution < -0.4 is 5.32 Å². The Kier molecular flexibility index (Phi) is 6.14. The summed E-state index contributed by atoms with van der Waals surface area (Å²) in [6, 6.07) is 5.41. The van der Waals surface area contributed by atoms with Crippen LogP contribution in [0.2, 0.25) is 0 Å². The molecule has 1 rings (SSSR count). The van der Waals surface area contributed by atoms with E-state index >= 15 is 0 Å². The zero-order chi connectivity index (χ0) is 12.8. The van der Waals surface area contributed by atoms with Gasteiger partial charge in [0.25, 0.3) is 0 Å². The monoisotopic (exact) mass is 301 g/mol. The van der Waals surface area contributed by atoms with Crippen molar-refractivity contribution in [3.8, 4) is 0 Å². The Labute approximate surface area is 112 Å². The molecule has 0 aliphatic heterocycles. The van der Waals surface area contributed by atoms with Crippen molar-refractivity contribution < 1.29 is 4.39 Å². The second-order valence-corrected chi connectivity index (χ2v) is 5.80. The van der Waals surface area contributed by atoms with Gasteiger partial charge in [-0.05, 0) is 49.1 Å². The summed E-state index contributed by atoms with van der Waals surface area (Å²) < 4.78 is 14.1. The largest absolute Gasteiger partial charge is 0.314 e. The van der Waals surface area contributed by atoms with E-state index in [1.165, 1.54) is 6.07 Å². The third kappa shape index (κ3) is 5.64. The maximum atomic E-state index is 13.1. The number of aryl methyl sites for hydroxylation is 1. The second kappa shape index (κ2) is 7.12. The van der Waals surface area contributed by atoms with Crippen molar-refractivity contribution in [1.82, 2.24) is 5.32 Å². The highest BCUT2D eigenvalue weighted by molar-refractivity contribution is 9.10. The lowest BCUT2D eigenvalue weighted by Gasteiger charge is -2.15. The van der Waals surface area contributed by atoms with Gasteiger partial charge in [-0.3, -0.25) is 0 Å². The Morgan fingerprint density at radius 1 is 1.29 bits per heavy atom. The van der Waals surface area contributed by atoms with Gasteiger partial charge in [0.2, 0.25) is 0 Å². The minimum atomic E-state index is -0.156. The fraction of sp³-hybridized carbons (Fsp3) is 0.571. The molecule has 0 spiro atoms. The van der Waals surface area contributed by atoms with Crippen LogP contribution in [0.15, 0.2) is 22.7 Å². The zero-order valence-electron chi connectivity index (χ0n) is 10.8. The Bertz CT molecular complexity index is 352. The van der Waals surface area contributed by atoms with Crippen molar-refractivity contribution in [3.05, 3.63) is 34.1 Å². The number of halogens is 2. The molecule has 96 valence electrons. The third-order valence-electron chi connectivity index (χ3n) is 2.79. The van der Waals surface area contributed by atoms with E-state index in [9.17, 15) is 4.39 Å². The van der Waals surface area contributed by atoms with E-state index < -0.39 is 0 Å². The highest BCUT2D eigenvalue weighted by Gasteiger charge is 2.06. The first-order valence-corrected chi connectivity index (χ1v) is 6.95. The molecule has 0 saturated carbocycles. The first-order valence-electron chi connectivity index (χ1n) is 6.16. The van der Waals surface area contributed by atoms with Gasteiger partial charge in [-0.15, -0.1) is 0 Å². The van der Waals surface area contributed by atoms with Crippen molar-refractivity contribution >= 4 is 15.9 Å². The van der Waals surface area contributed by atoms with Crippen molar-refractivity contribution in [2.45, 2.75) is 39.7 Å². The Hall–Kier alpha value is -0.410. The van der Waals surface area contributed by atoms with E-state index in [0.717, 1.165) is 29.4 Å². The maximum absolute atomic E-state index is 13.1. The minimum absolute atomic E-state index is 0.156. The van der Waals surface area contributed by atoms with Gasteiger partial charge in [-0.2, -0.15) is 0 Å². The first-order chi connectivity index (χ1) is 7.99. The van der Waals surface area contributed by atoms with Crippen LogP contribution >= 0.6 is 15.9 Å². The highest BCUT2D eigenvalue weighted by Crippen LogP contribution is 2.20. The van der Waals surface area contributed by atoms with Gasteiger partial charge in [0.1, 0.15) is 5.82 Å². The lowest BCUT2D eigenvalue weighted by molar-refractivity contribution is 0.453. The predicted molar refractivity (Wildman–Crippen MR) is 74.7 cm³/mol. The fourth-order valence-corrected chi connectivity index (χ4v) is 2.12. The quantitative estimate of drug-likeness (QED) is 0.832. The van der Waals surface area contributed by atoms with Gasteiger partial charge in [-0.25, -0.2) is 4.39 Å². The molecular weight excluding hydrogens is 281 g/mol. The maximum Gasteiger partial charge on any atom is 0.123 e. The van der Waals surface area contributed by atoms with E-state index in [2.05, 4.69) is 42.0 Å². The summed E-state index contributed by atoms with van der Waals surface area (Å²) in [7, 11) is 0. The Morgan fingerprint density at radius 2 is 2.00 bits per heavy atom. The molecule has 1 nitrogen and oxygen atoms in total. The van der Waals surface area contributed by atoms with Crippen LogP contribution in [0.3, 0.4) is 0 Å². The molecule has 17 heavy (non-hydrogen) atoms. The predicted octanol–water partition coefficient (Wildman–Crippen LogP) is 4.15. The minimum Gasteiger partial charge on any atom is -0.314 e. The zero-order valence-corrected chi connectivity index (χ0v) is 12.3. The van der Waals surface area contributed by atoms with Crippen molar-refractivity contribution in [3.63, 3.8) is 0 Å². The molecule has 1 unspecified atom stereocenters. The van der Waals surface area contributed by atoms with Gasteiger partial charge in [0, 0.05) is 10.5 Å². The topological polar surface area (TPSA) is 12.0 Å². The lowest BCUT2D eigenvalue weighted by Crippen LogP contribution is -2.28. The average Bonchev–Trinajstić information content (AvgIpc) is 2.27. The van der Waals surface area contributed by atoms with Crippen LogP contribution in [0.4, 0.5) is 4.39 Å². The number of rotatable bonds is 6. The van der Waals surface area contributed by atoms with Crippen LogP contribution in [0, 0.1) is 11.7 Å². The molecular formula is C14H21BrFN. The van der Waals surface area contributed by atoms with E-state index in [0.29, 0.717) is 12.0 Å². The van der Waals surface area contributed by atoms with E-state index in [1.54, 1.807) is 12.1 Å². The summed E-state index contributed by atoms with van der Waals surface area (Å²) in [5.74, 6) is 0.448. The van der Waals surface area contributed by atoms with E-state index in [1.807, 2.05) is 0 Å². The fourth-order valence-electron chi connectivity index (χ4n) is 1.68. The summed E-state index contributed by atoms with van der Waals surface area (Å²) in [4.78, 5) is 0. The molecule has 1 atom stereocenters. The molecule has 0 aliphatic rings. The summed E-state index contributed by atoms with van der Waals surface area (Å²) >= 11 is 3.46. The summed E-state index contributed by atoms with van der Waals surface area (Å²) in [6.45, 7) is 7.54. The average molecular weight is 302 g/mol. The molecule has 1 aromatic carbocycles. The van der Waals surface area contributed by atoms with Crippen LogP contribution in [-0.2, 0) is 6.42 Å². The SMILES string of the molecule is CC(CCc1cc(F)ccc1Br)CNC(C)C. The standard InChI is InChI=1S/C14H21BrFN/c1-10(2)17-9-11(3)4-5-12-8-13(16)6-7-14(12)15/h6-8,10-11,17H,4-5,9H2,1-3H3. The molecule has 1 N–H and O–H groups in total. The molecule has 1 aromatic rings. The van der Waals surface area contributed by atoms with Gasteiger partial charge in [0.15, 0.2) is 0 Å². The number of nitrogens with one attached hydrogen (secondary N) is 1. The summed E-state index contributed by atoms with van der Waals surface area (Å²) in [5, 5.41) is 3.42. The molecule has 0 radical (unpaired) electrons. The summed E-state index contributed by atoms with van der Waals surface area (Å²) in [5.41, 5.74) is 1.06. The third-order valence-corrected chi connectivity index (χ3v) is 3.56. The number of hydrogen-bond acceptors (Lipinski definition) is 1. The lowest BCUT2D eigenvalue weighted by atomic mass is 10.0. The number of hydrogen-bond donors (Lipinski definition) is 1. The molecule has 0 aliphatic carbocycles. The van der Waals surface area contributed by atoms with Crippen molar-refractivity contribution in [1.29, 1.82) is 0 Å². The Balaban J connectivity index is 2.41. The van der Waals surface area contributed by atoms with Gasteiger partial charge >= 0.3 is 0 Å². The van der Waals surface area contributed by atoms with E-state index in [-0.39, 0.29) is 5.82 Å². The van der Waals surface area contributed by atoms with E-state index in [4.69, 9.17) is 0 Å². The molecule has 0 amide bonds. The van der Waals surface area contributed by atoms with Crippen LogP contribution in [0.25, 0.3) is 0 Å².